The molecule has 0 amide bonds. The van der Waals surface area contributed by atoms with Crippen LogP contribution in [0.3, 0.4) is 0 Å². The molecule has 2 aromatic rings. The van der Waals surface area contributed by atoms with Crippen LogP contribution in [0.2, 0.25) is 0 Å². The minimum atomic E-state index is -3.93. The van der Waals surface area contributed by atoms with E-state index in [4.69, 9.17) is 4.18 Å². The van der Waals surface area contributed by atoms with Gasteiger partial charge in [-0.3, -0.25) is 0 Å². The lowest BCUT2D eigenvalue weighted by Crippen LogP contribution is -2.17. The van der Waals surface area contributed by atoms with Crippen molar-refractivity contribution < 1.29 is 12.6 Å². The van der Waals surface area contributed by atoms with Crippen LogP contribution < -0.4 is 4.18 Å². The summed E-state index contributed by atoms with van der Waals surface area (Å²) in [6, 6.07) is 11.2. The van der Waals surface area contributed by atoms with Crippen molar-refractivity contribution >= 4 is 10.1 Å². The molecule has 3 nitrogen and oxygen atoms in total. The summed E-state index contributed by atoms with van der Waals surface area (Å²) in [4.78, 5) is 0.329. The smallest absolute Gasteiger partial charge is 0.339 e. The molecule has 2 aromatic carbocycles. The third-order valence-electron chi connectivity index (χ3n) is 4.62. The Morgan fingerprint density at radius 3 is 1.73 bits per heavy atom. The van der Waals surface area contributed by atoms with Crippen LogP contribution in [-0.2, 0) is 10.1 Å². The molecule has 0 unspecified atom stereocenters. The van der Waals surface area contributed by atoms with E-state index >= 15 is 0 Å². The maximum absolute atomic E-state index is 13.3. The van der Waals surface area contributed by atoms with Gasteiger partial charge < -0.3 is 4.18 Å². The number of hydrogen-bond donors (Lipinski definition) is 0. The largest absolute Gasteiger partial charge is 0.379 e. The quantitative estimate of drug-likeness (QED) is 0.571. The van der Waals surface area contributed by atoms with E-state index in [9.17, 15) is 8.42 Å². The predicted molar refractivity (Wildman–Crippen MR) is 108 cm³/mol. The van der Waals surface area contributed by atoms with Crippen LogP contribution >= 0.6 is 0 Å². The third-order valence-corrected chi connectivity index (χ3v) is 5.99. The normalized spacial score (nSPS) is 12.2. The van der Waals surface area contributed by atoms with Crippen LogP contribution in [0.25, 0.3) is 0 Å². The molecule has 2 rings (SSSR count). The Morgan fingerprint density at radius 1 is 0.808 bits per heavy atom. The fourth-order valence-corrected chi connectivity index (χ4v) is 4.66. The Kier molecular flexibility index (Phi) is 6.17. The summed E-state index contributed by atoms with van der Waals surface area (Å²) in [5.74, 6) is 0.872. The van der Waals surface area contributed by atoms with Crippen molar-refractivity contribution in [3.8, 4) is 5.75 Å². The lowest BCUT2D eigenvalue weighted by molar-refractivity contribution is 0.480. The average molecular weight is 375 g/mol. The maximum atomic E-state index is 13.3. The second kappa shape index (κ2) is 7.83. The van der Waals surface area contributed by atoms with Gasteiger partial charge >= 0.3 is 10.1 Å². The van der Waals surface area contributed by atoms with Gasteiger partial charge in [-0.2, -0.15) is 8.42 Å². The molecule has 0 N–H and O–H groups in total. The van der Waals surface area contributed by atoms with Gasteiger partial charge in [0.05, 0.1) is 0 Å². The molecule has 0 fully saturated rings. The number of rotatable bonds is 6. The Hall–Kier alpha value is -1.81. The van der Waals surface area contributed by atoms with Gasteiger partial charge in [-0.1, -0.05) is 71.9 Å². The summed E-state index contributed by atoms with van der Waals surface area (Å²) in [6.07, 6.45) is 0. The van der Waals surface area contributed by atoms with E-state index in [1.807, 2.05) is 58.9 Å². The molecule has 0 atom stereocenters. The molecular weight excluding hydrogens is 344 g/mol. The molecule has 142 valence electrons. The lowest BCUT2D eigenvalue weighted by atomic mass is 9.89. The van der Waals surface area contributed by atoms with Crippen LogP contribution in [0.1, 0.15) is 81.5 Å². The van der Waals surface area contributed by atoms with Gasteiger partial charge in [0, 0.05) is 0 Å². The summed E-state index contributed by atoms with van der Waals surface area (Å²) in [5, 5.41) is 0. The maximum Gasteiger partial charge on any atom is 0.339 e. The molecular formula is C22H30O3S. The Morgan fingerprint density at radius 2 is 1.31 bits per heavy atom. The van der Waals surface area contributed by atoms with Crippen LogP contribution in [0.4, 0.5) is 0 Å². The molecule has 0 spiro atoms. The SMILES string of the molecule is Cc1ccccc1OS(=O)(=O)c1c(C(C)C)cc(C(C)C)cc1C(C)C. The molecule has 0 aliphatic carbocycles. The number of aryl methyl sites for hydroxylation is 1. The van der Waals surface area contributed by atoms with Gasteiger partial charge in [-0.05, 0) is 53.0 Å². The molecule has 4 heteroatoms. The molecule has 0 radical (unpaired) electrons. The number of para-hydroxylation sites is 1. The first kappa shape index (κ1) is 20.5. The molecule has 0 aliphatic rings. The molecule has 0 bridgehead atoms. The first-order chi connectivity index (χ1) is 12.0. The number of hydrogen-bond acceptors (Lipinski definition) is 3. The lowest BCUT2D eigenvalue weighted by Gasteiger charge is -2.22. The summed E-state index contributed by atoms with van der Waals surface area (Å²) in [6.45, 7) is 14.2. The van der Waals surface area contributed by atoms with E-state index in [1.54, 1.807) is 12.1 Å². The molecule has 0 heterocycles. The summed E-state index contributed by atoms with van der Waals surface area (Å²) in [7, 11) is -3.93. The highest BCUT2D eigenvalue weighted by molar-refractivity contribution is 7.87. The van der Waals surface area contributed by atoms with E-state index in [2.05, 4.69) is 13.8 Å². The third kappa shape index (κ3) is 4.29. The van der Waals surface area contributed by atoms with Crippen LogP contribution in [0.15, 0.2) is 41.3 Å². The van der Waals surface area contributed by atoms with Crippen molar-refractivity contribution in [1.82, 2.24) is 0 Å². The van der Waals surface area contributed by atoms with Crippen molar-refractivity contribution in [3.63, 3.8) is 0 Å². The Bertz CT molecular complexity index is 849. The van der Waals surface area contributed by atoms with E-state index in [1.165, 1.54) is 0 Å². The standard InChI is InChI=1S/C22H30O3S/c1-14(2)18-12-19(15(3)4)22(20(13-18)16(5)6)26(23,24)25-21-11-9-8-10-17(21)7/h8-16H,1-7H3. The second-order valence-corrected chi connectivity index (χ2v) is 9.28. The van der Waals surface area contributed by atoms with Crippen molar-refractivity contribution in [3.05, 3.63) is 58.7 Å². The molecule has 0 saturated carbocycles. The zero-order valence-electron chi connectivity index (χ0n) is 16.8. The first-order valence-electron chi connectivity index (χ1n) is 9.22. The molecule has 0 saturated heterocycles. The van der Waals surface area contributed by atoms with Gasteiger partial charge in [-0.25, -0.2) is 0 Å². The molecule has 26 heavy (non-hydrogen) atoms. The van der Waals surface area contributed by atoms with Crippen LogP contribution in [0, 0.1) is 6.92 Å². The van der Waals surface area contributed by atoms with Crippen molar-refractivity contribution in [2.45, 2.75) is 71.1 Å². The van der Waals surface area contributed by atoms with Gasteiger partial charge in [0.1, 0.15) is 10.6 Å². The van der Waals surface area contributed by atoms with Gasteiger partial charge in [0.25, 0.3) is 0 Å². The monoisotopic (exact) mass is 374 g/mol. The van der Waals surface area contributed by atoms with Crippen molar-refractivity contribution in [2.75, 3.05) is 0 Å². The molecule has 0 aliphatic heterocycles. The van der Waals surface area contributed by atoms with E-state index in [0.717, 1.165) is 22.3 Å². The highest BCUT2D eigenvalue weighted by Gasteiger charge is 2.29. The highest BCUT2D eigenvalue weighted by Crippen LogP contribution is 2.36. The van der Waals surface area contributed by atoms with Crippen LogP contribution in [-0.4, -0.2) is 8.42 Å². The van der Waals surface area contributed by atoms with Crippen molar-refractivity contribution in [2.24, 2.45) is 0 Å². The fourth-order valence-electron chi connectivity index (χ4n) is 2.99. The van der Waals surface area contributed by atoms with Crippen LogP contribution in [0.5, 0.6) is 5.75 Å². The van der Waals surface area contributed by atoms with Gasteiger partial charge in [-0.15, -0.1) is 0 Å². The number of benzene rings is 2. The van der Waals surface area contributed by atoms with Gasteiger partial charge in [0.2, 0.25) is 0 Å². The average Bonchev–Trinajstić information content (AvgIpc) is 2.55. The van der Waals surface area contributed by atoms with Crippen molar-refractivity contribution in [1.29, 1.82) is 0 Å². The zero-order valence-corrected chi connectivity index (χ0v) is 17.6. The minimum absolute atomic E-state index is 0.0800. The van der Waals surface area contributed by atoms with E-state index in [0.29, 0.717) is 16.6 Å². The topological polar surface area (TPSA) is 43.4 Å². The highest BCUT2D eigenvalue weighted by atomic mass is 32.2. The summed E-state index contributed by atoms with van der Waals surface area (Å²) >= 11 is 0. The first-order valence-corrected chi connectivity index (χ1v) is 10.6. The predicted octanol–water partition coefficient (Wildman–Crippen LogP) is 6.13. The summed E-state index contributed by atoms with van der Waals surface area (Å²) in [5.41, 5.74) is 3.61. The van der Waals surface area contributed by atoms with Gasteiger partial charge in [0.15, 0.2) is 0 Å². The Labute approximate surface area is 158 Å². The second-order valence-electron chi connectivity index (χ2n) is 7.80. The minimum Gasteiger partial charge on any atom is -0.379 e. The fraction of sp³-hybridized carbons (Fsp3) is 0.455. The summed E-state index contributed by atoms with van der Waals surface area (Å²) < 4.78 is 32.1. The molecule has 0 aromatic heterocycles. The zero-order chi connectivity index (χ0) is 19.6. The Balaban J connectivity index is 2.71. The van der Waals surface area contributed by atoms with E-state index < -0.39 is 10.1 Å². The van der Waals surface area contributed by atoms with E-state index in [-0.39, 0.29) is 11.8 Å².